The lowest BCUT2D eigenvalue weighted by Crippen LogP contribution is -2.26. The average Bonchev–Trinajstić information content (AvgIpc) is 2.30. The van der Waals surface area contributed by atoms with Gasteiger partial charge in [0.15, 0.2) is 0 Å². The first-order valence-electron chi connectivity index (χ1n) is 5.17. The Hall–Kier alpha value is -1.08. The number of anilines is 1. The van der Waals surface area contributed by atoms with Crippen LogP contribution in [-0.2, 0) is 0 Å². The van der Waals surface area contributed by atoms with E-state index < -0.39 is 4.92 Å². The van der Waals surface area contributed by atoms with Gasteiger partial charge in [-0.25, -0.2) is 9.97 Å². The van der Waals surface area contributed by atoms with Crippen LogP contribution in [0.25, 0.3) is 0 Å². The van der Waals surface area contributed by atoms with Crippen LogP contribution in [0.2, 0.25) is 5.15 Å². The van der Waals surface area contributed by atoms with Gasteiger partial charge in [-0.15, -0.1) is 0 Å². The number of nitrogens with one attached hydrogen (secondary N) is 1. The summed E-state index contributed by atoms with van der Waals surface area (Å²) in [7, 11) is 0. The Morgan fingerprint density at radius 3 is 3.06 bits per heavy atom. The molecule has 1 unspecified atom stereocenters. The maximum absolute atomic E-state index is 10.9. The highest BCUT2D eigenvalue weighted by Crippen LogP contribution is 2.30. The second kappa shape index (κ2) is 5.50. The van der Waals surface area contributed by atoms with Crippen LogP contribution in [0.5, 0.6) is 0 Å². The SMILES string of the molecule is O=[N+]([O-])c1c(Cl)ncnc1NC1CCCSC1. The van der Waals surface area contributed by atoms with Crippen molar-refractivity contribution < 1.29 is 4.92 Å². The van der Waals surface area contributed by atoms with Gasteiger partial charge in [-0.1, -0.05) is 11.6 Å². The smallest absolute Gasteiger partial charge is 0.348 e. The molecule has 0 bridgehead atoms. The van der Waals surface area contributed by atoms with Crippen LogP contribution < -0.4 is 5.32 Å². The van der Waals surface area contributed by atoms with Gasteiger partial charge < -0.3 is 5.32 Å². The summed E-state index contributed by atoms with van der Waals surface area (Å²) in [6, 6.07) is 0.207. The normalized spacial score (nSPS) is 19.9. The third kappa shape index (κ3) is 2.98. The topological polar surface area (TPSA) is 81.0 Å². The van der Waals surface area contributed by atoms with Gasteiger partial charge in [-0.3, -0.25) is 10.1 Å². The van der Waals surface area contributed by atoms with Crippen LogP contribution in [0, 0.1) is 10.1 Å². The first-order chi connectivity index (χ1) is 8.18. The summed E-state index contributed by atoms with van der Waals surface area (Å²) in [5, 5.41) is 13.8. The van der Waals surface area contributed by atoms with Crippen LogP contribution in [0.15, 0.2) is 6.33 Å². The van der Waals surface area contributed by atoms with Gasteiger partial charge in [0.25, 0.3) is 0 Å². The van der Waals surface area contributed by atoms with Crippen molar-refractivity contribution in [1.82, 2.24) is 9.97 Å². The number of nitro groups is 1. The molecule has 1 aliphatic heterocycles. The third-order valence-electron chi connectivity index (χ3n) is 2.46. The standard InChI is InChI=1S/C9H11ClN4O2S/c10-8-7(14(15)16)9(12-5-11-8)13-6-2-1-3-17-4-6/h5-6H,1-4H2,(H,11,12,13). The summed E-state index contributed by atoms with van der Waals surface area (Å²) < 4.78 is 0. The van der Waals surface area contributed by atoms with Gasteiger partial charge in [0.2, 0.25) is 11.0 Å². The molecule has 6 nitrogen and oxygen atoms in total. The van der Waals surface area contributed by atoms with E-state index in [4.69, 9.17) is 11.6 Å². The minimum absolute atomic E-state index is 0.129. The summed E-state index contributed by atoms with van der Waals surface area (Å²) in [6.07, 6.45) is 3.33. The van der Waals surface area contributed by atoms with E-state index in [2.05, 4.69) is 15.3 Å². The van der Waals surface area contributed by atoms with E-state index in [0.717, 1.165) is 24.3 Å². The van der Waals surface area contributed by atoms with Gasteiger partial charge in [0.1, 0.15) is 6.33 Å². The zero-order chi connectivity index (χ0) is 12.3. The summed E-state index contributed by atoms with van der Waals surface area (Å²) in [5.74, 6) is 2.28. The van der Waals surface area contributed by atoms with Crippen molar-refractivity contribution in [1.29, 1.82) is 0 Å². The van der Waals surface area contributed by atoms with Gasteiger partial charge in [-0.05, 0) is 18.6 Å². The van der Waals surface area contributed by atoms with Crippen molar-refractivity contribution in [2.75, 3.05) is 16.8 Å². The number of hydrogen-bond donors (Lipinski definition) is 1. The summed E-state index contributed by atoms with van der Waals surface area (Å²) in [6.45, 7) is 0. The fourth-order valence-corrected chi connectivity index (χ4v) is 2.95. The number of aromatic nitrogens is 2. The lowest BCUT2D eigenvalue weighted by atomic mass is 10.2. The Morgan fingerprint density at radius 2 is 2.41 bits per heavy atom. The summed E-state index contributed by atoms with van der Waals surface area (Å²) in [5.41, 5.74) is -0.246. The molecule has 1 saturated heterocycles. The summed E-state index contributed by atoms with van der Waals surface area (Å²) >= 11 is 7.54. The molecule has 1 aliphatic rings. The quantitative estimate of drug-likeness (QED) is 0.518. The molecule has 17 heavy (non-hydrogen) atoms. The predicted octanol–water partition coefficient (Wildman–Crippen LogP) is 2.35. The molecule has 0 amide bonds. The van der Waals surface area contributed by atoms with E-state index in [1.54, 1.807) is 0 Å². The molecule has 1 aromatic heterocycles. The average molecular weight is 275 g/mol. The molecule has 0 aromatic carbocycles. The van der Waals surface area contributed by atoms with Crippen LogP contribution in [0.1, 0.15) is 12.8 Å². The molecule has 2 rings (SSSR count). The van der Waals surface area contributed by atoms with Crippen molar-refractivity contribution in [3.8, 4) is 0 Å². The van der Waals surface area contributed by atoms with Crippen LogP contribution >= 0.6 is 23.4 Å². The van der Waals surface area contributed by atoms with Gasteiger partial charge in [0, 0.05) is 11.8 Å². The second-order valence-corrected chi connectivity index (χ2v) is 5.19. The predicted molar refractivity (Wildman–Crippen MR) is 67.7 cm³/mol. The molecule has 0 radical (unpaired) electrons. The molecule has 0 spiro atoms. The molecule has 1 atom stereocenters. The van der Waals surface area contributed by atoms with E-state index in [0.29, 0.717) is 0 Å². The van der Waals surface area contributed by atoms with E-state index in [1.165, 1.54) is 6.33 Å². The minimum Gasteiger partial charge on any atom is -0.361 e. The third-order valence-corrected chi connectivity index (χ3v) is 3.95. The van der Waals surface area contributed by atoms with Crippen molar-refractivity contribution in [2.24, 2.45) is 0 Å². The Morgan fingerprint density at radius 1 is 1.59 bits per heavy atom. The van der Waals surface area contributed by atoms with E-state index in [1.807, 2.05) is 11.8 Å². The van der Waals surface area contributed by atoms with Crippen LogP contribution in [0.3, 0.4) is 0 Å². The highest BCUT2D eigenvalue weighted by molar-refractivity contribution is 7.99. The lowest BCUT2D eigenvalue weighted by Gasteiger charge is -2.22. The van der Waals surface area contributed by atoms with Crippen molar-refractivity contribution in [2.45, 2.75) is 18.9 Å². The molecule has 92 valence electrons. The second-order valence-electron chi connectivity index (χ2n) is 3.68. The molecule has 1 fully saturated rings. The lowest BCUT2D eigenvalue weighted by molar-refractivity contribution is -0.384. The summed E-state index contributed by atoms with van der Waals surface area (Å²) in [4.78, 5) is 17.8. The monoisotopic (exact) mass is 274 g/mol. The van der Waals surface area contributed by atoms with Gasteiger partial charge >= 0.3 is 5.69 Å². The molecular formula is C9H11ClN4O2S. The van der Waals surface area contributed by atoms with Crippen LogP contribution in [-0.4, -0.2) is 32.4 Å². The van der Waals surface area contributed by atoms with Crippen molar-refractivity contribution >= 4 is 34.9 Å². The maximum atomic E-state index is 10.9. The highest BCUT2D eigenvalue weighted by atomic mass is 35.5. The number of halogens is 1. The molecule has 1 aromatic rings. The zero-order valence-corrected chi connectivity index (χ0v) is 10.5. The molecule has 0 saturated carbocycles. The number of thioether (sulfide) groups is 1. The molecule has 0 aliphatic carbocycles. The van der Waals surface area contributed by atoms with Gasteiger partial charge in [0.05, 0.1) is 4.92 Å². The van der Waals surface area contributed by atoms with Gasteiger partial charge in [-0.2, -0.15) is 11.8 Å². The first-order valence-corrected chi connectivity index (χ1v) is 6.71. The molecule has 2 heterocycles. The Balaban J connectivity index is 2.19. The van der Waals surface area contributed by atoms with E-state index >= 15 is 0 Å². The van der Waals surface area contributed by atoms with Crippen LogP contribution in [0.4, 0.5) is 11.5 Å². The molecule has 1 N–H and O–H groups in total. The zero-order valence-electron chi connectivity index (χ0n) is 8.93. The van der Waals surface area contributed by atoms with Crippen molar-refractivity contribution in [3.63, 3.8) is 0 Å². The van der Waals surface area contributed by atoms with E-state index in [-0.39, 0.29) is 22.7 Å². The fraction of sp³-hybridized carbons (Fsp3) is 0.556. The molecular weight excluding hydrogens is 264 g/mol. The Bertz CT molecular complexity index is 425. The Labute approximate surface area is 107 Å². The Kier molecular flexibility index (Phi) is 4.01. The first kappa shape index (κ1) is 12.4. The largest absolute Gasteiger partial charge is 0.361 e. The number of hydrogen-bond acceptors (Lipinski definition) is 6. The highest BCUT2D eigenvalue weighted by Gasteiger charge is 2.24. The minimum atomic E-state index is -0.555. The van der Waals surface area contributed by atoms with E-state index in [9.17, 15) is 10.1 Å². The maximum Gasteiger partial charge on any atom is 0.348 e. The van der Waals surface area contributed by atoms with Crippen molar-refractivity contribution in [3.05, 3.63) is 21.6 Å². The number of rotatable bonds is 3. The fourth-order valence-electron chi connectivity index (χ4n) is 1.67. The molecule has 8 heteroatoms. The number of nitrogens with zero attached hydrogens (tertiary/aromatic N) is 3.